The van der Waals surface area contributed by atoms with Crippen molar-refractivity contribution in [1.29, 1.82) is 0 Å². The largest absolute Gasteiger partial charge is 0.392 e. The van der Waals surface area contributed by atoms with Crippen LogP contribution in [0.15, 0.2) is 11.6 Å². The van der Waals surface area contributed by atoms with E-state index in [1.54, 1.807) is 0 Å². The van der Waals surface area contributed by atoms with E-state index in [4.69, 9.17) is 20.4 Å². The molecular formula is C7H10O5. The lowest BCUT2D eigenvalue weighted by molar-refractivity contribution is -0.135. The van der Waals surface area contributed by atoms with Crippen molar-refractivity contribution in [3.63, 3.8) is 0 Å². The van der Waals surface area contributed by atoms with Crippen LogP contribution in [0.4, 0.5) is 0 Å². The van der Waals surface area contributed by atoms with Gasteiger partial charge in [0.15, 0.2) is 5.78 Å². The van der Waals surface area contributed by atoms with E-state index >= 15 is 0 Å². The lowest BCUT2D eigenvalue weighted by atomic mass is 9.91. The second-order valence-electron chi connectivity index (χ2n) is 2.64. The third-order valence-corrected chi connectivity index (χ3v) is 1.80. The maximum atomic E-state index is 11.0. The monoisotopic (exact) mass is 174 g/mol. The highest BCUT2D eigenvalue weighted by atomic mass is 16.4. The number of hydrogen-bond acceptors (Lipinski definition) is 5. The fourth-order valence-electron chi connectivity index (χ4n) is 1.05. The molecule has 1 rings (SSSR count). The average molecular weight is 174 g/mol. The van der Waals surface area contributed by atoms with Gasteiger partial charge in [-0.25, -0.2) is 0 Å². The Labute approximate surface area is 68.6 Å². The van der Waals surface area contributed by atoms with Gasteiger partial charge in [-0.1, -0.05) is 0 Å². The molecule has 0 saturated heterocycles. The zero-order chi connectivity index (χ0) is 9.30. The summed E-state index contributed by atoms with van der Waals surface area (Å²) in [5.41, 5.74) is -0.0692. The van der Waals surface area contributed by atoms with Crippen molar-refractivity contribution in [2.45, 2.75) is 18.3 Å². The number of aliphatic hydroxyl groups excluding tert-OH is 4. The SMILES string of the molecule is O=C1C(CO)=C[C@@H](O)[C@H](O)[C@H]1O. The molecule has 0 saturated carbocycles. The minimum Gasteiger partial charge on any atom is -0.392 e. The van der Waals surface area contributed by atoms with Crippen LogP contribution in [0, 0.1) is 0 Å². The fourth-order valence-corrected chi connectivity index (χ4v) is 1.05. The Morgan fingerprint density at radius 2 is 1.92 bits per heavy atom. The molecule has 1 aliphatic rings. The summed E-state index contributed by atoms with van der Waals surface area (Å²) in [6, 6.07) is 0. The number of aliphatic hydroxyl groups is 4. The summed E-state index contributed by atoms with van der Waals surface area (Å²) in [4.78, 5) is 11.0. The molecule has 68 valence electrons. The van der Waals surface area contributed by atoms with Crippen LogP contribution in [0.2, 0.25) is 0 Å². The van der Waals surface area contributed by atoms with Gasteiger partial charge in [-0.2, -0.15) is 0 Å². The molecule has 1 aliphatic carbocycles. The standard InChI is InChI=1S/C7H10O5/c8-2-3-1-4(9)6(11)7(12)5(3)10/h1,4,6-9,11-12H,2H2/t4-,6+,7+/m1/s1. The molecule has 4 N–H and O–H groups in total. The second kappa shape index (κ2) is 3.32. The first kappa shape index (κ1) is 9.34. The number of hydrogen-bond donors (Lipinski definition) is 4. The molecule has 0 spiro atoms. The van der Waals surface area contributed by atoms with Gasteiger partial charge in [0.05, 0.1) is 6.61 Å². The molecule has 0 aromatic carbocycles. The summed E-state index contributed by atoms with van der Waals surface area (Å²) < 4.78 is 0. The molecule has 5 heteroatoms. The first-order valence-corrected chi connectivity index (χ1v) is 3.48. The molecular weight excluding hydrogens is 164 g/mol. The quantitative estimate of drug-likeness (QED) is 0.354. The first-order chi connectivity index (χ1) is 5.57. The van der Waals surface area contributed by atoms with Crippen LogP contribution < -0.4 is 0 Å². The van der Waals surface area contributed by atoms with Gasteiger partial charge < -0.3 is 20.4 Å². The third-order valence-electron chi connectivity index (χ3n) is 1.80. The van der Waals surface area contributed by atoms with Gasteiger partial charge in [-0.05, 0) is 6.08 Å². The Kier molecular flexibility index (Phi) is 2.58. The molecule has 5 nitrogen and oxygen atoms in total. The minimum atomic E-state index is -1.63. The number of Topliss-reactive ketones (excluding diaryl/α,β-unsaturated/α-hetero) is 1. The predicted octanol–water partition coefficient (Wildman–Crippen LogP) is -2.43. The van der Waals surface area contributed by atoms with Crippen molar-refractivity contribution in [2.24, 2.45) is 0 Å². The molecule has 0 amide bonds. The minimum absolute atomic E-state index is 0.0692. The normalized spacial score (nSPS) is 36.5. The van der Waals surface area contributed by atoms with Gasteiger partial charge in [0.25, 0.3) is 0 Å². The molecule has 0 heterocycles. The van der Waals surface area contributed by atoms with Gasteiger partial charge in [0.2, 0.25) is 0 Å². The summed E-state index contributed by atoms with van der Waals surface area (Å²) in [5.74, 6) is -0.740. The zero-order valence-corrected chi connectivity index (χ0v) is 6.21. The highest BCUT2D eigenvalue weighted by molar-refractivity contribution is 6.00. The van der Waals surface area contributed by atoms with Crippen molar-refractivity contribution < 1.29 is 25.2 Å². The van der Waals surface area contributed by atoms with Gasteiger partial charge in [-0.15, -0.1) is 0 Å². The topological polar surface area (TPSA) is 98.0 Å². The van der Waals surface area contributed by atoms with Gasteiger partial charge in [0, 0.05) is 5.57 Å². The number of carbonyl (C=O) groups excluding carboxylic acids is 1. The van der Waals surface area contributed by atoms with Crippen molar-refractivity contribution in [3.8, 4) is 0 Å². The zero-order valence-electron chi connectivity index (χ0n) is 6.21. The Morgan fingerprint density at radius 1 is 1.33 bits per heavy atom. The van der Waals surface area contributed by atoms with Crippen LogP contribution in [-0.4, -0.2) is 51.1 Å². The van der Waals surface area contributed by atoms with Crippen LogP contribution in [-0.2, 0) is 4.79 Å². The van der Waals surface area contributed by atoms with Crippen LogP contribution >= 0.6 is 0 Å². The summed E-state index contributed by atoms with van der Waals surface area (Å²) in [6.45, 7) is -0.542. The molecule has 0 fully saturated rings. The lowest BCUT2D eigenvalue weighted by Gasteiger charge is -2.25. The van der Waals surface area contributed by atoms with Crippen molar-refractivity contribution in [2.75, 3.05) is 6.61 Å². The van der Waals surface area contributed by atoms with Gasteiger partial charge >= 0.3 is 0 Å². The van der Waals surface area contributed by atoms with Crippen molar-refractivity contribution >= 4 is 5.78 Å². The molecule has 0 unspecified atom stereocenters. The van der Waals surface area contributed by atoms with Crippen LogP contribution in [0.25, 0.3) is 0 Å². The molecule has 0 aromatic heterocycles. The molecule has 0 aliphatic heterocycles. The first-order valence-electron chi connectivity index (χ1n) is 3.48. The molecule has 0 bridgehead atoms. The Hall–Kier alpha value is -0.750. The van der Waals surface area contributed by atoms with E-state index in [2.05, 4.69) is 0 Å². The number of carbonyl (C=O) groups is 1. The summed E-state index contributed by atoms with van der Waals surface area (Å²) in [7, 11) is 0. The Bertz CT molecular complexity index is 222. The van der Waals surface area contributed by atoms with Crippen molar-refractivity contribution in [3.05, 3.63) is 11.6 Å². The number of rotatable bonds is 1. The van der Waals surface area contributed by atoms with Crippen LogP contribution in [0.1, 0.15) is 0 Å². The van der Waals surface area contributed by atoms with E-state index < -0.39 is 30.7 Å². The van der Waals surface area contributed by atoms with Crippen molar-refractivity contribution in [1.82, 2.24) is 0 Å². The molecule has 0 aromatic rings. The van der Waals surface area contributed by atoms with Gasteiger partial charge in [-0.3, -0.25) is 4.79 Å². The van der Waals surface area contributed by atoms with Crippen LogP contribution in [0.5, 0.6) is 0 Å². The highest BCUT2D eigenvalue weighted by Crippen LogP contribution is 2.15. The second-order valence-corrected chi connectivity index (χ2v) is 2.64. The van der Waals surface area contributed by atoms with Gasteiger partial charge in [0.1, 0.15) is 18.3 Å². The maximum absolute atomic E-state index is 11.0. The Balaban J connectivity index is 2.92. The summed E-state index contributed by atoms with van der Waals surface area (Å²) in [5, 5.41) is 35.6. The fraction of sp³-hybridized carbons (Fsp3) is 0.571. The lowest BCUT2D eigenvalue weighted by Crippen LogP contribution is -2.46. The van der Waals surface area contributed by atoms with E-state index in [9.17, 15) is 4.79 Å². The average Bonchev–Trinajstić information content (AvgIpc) is 2.08. The smallest absolute Gasteiger partial charge is 0.192 e. The van der Waals surface area contributed by atoms with Crippen LogP contribution in [0.3, 0.4) is 0 Å². The van der Waals surface area contributed by atoms with E-state index in [-0.39, 0.29) is 5.57 Å². The third kappa shape index (κ3) is 1.39. The maximum Gasteiger partial charge on any atom is 0.192 e. The van der Waals surface area contributed by atoms with E-state index in [1.807, 2.05) is 0 Å². The van der Waals surface area contributed by atoms with E-state index in [1.165, 1.54) is 0 Å². The summed E-state index contributed by atoms with van der Waals surface area (Å²) in [6.07, 6.45) is -3.38. The van der Waals surface area contributed by atoms with E-state index in [0.717, 1.165) is 6.08 Å². The molecule has 0 radical (unpaired) electrons. The predicted molar refractivity (Wildman–Crippen MR) is 38.2 cm³/mol. The number of ketones is 1. The molecule has 3 atom stereocenters. The van der Waals surface area contributed by atoms with E-state index in [0.29, 0.717) is 0 Å². The summed E-state index contributed by atoms with van der Waals surface area (Å²) >= 11 is 0. The molecule has 12 heavy (non-hydrogen) atoms. The highest BCUT2D eigenvalue weighted by Gasteiger charge is 2.35. The Morgan fingerprint density at radius 3 is 2.42 bits per heavy atom.